The zero-order valence-electron chi connectivity index (χ0n) is 14.3. The second-order valence-corrected chi connectivity index (χ2v) is 6.93. The monoisotopic (exact) mass is 438 g/mol. The predicted molar refractivity (Wildman–Crippen MR) is 98.5 cm³/mol. The summed E-state index contributed by atoms with van der Waals surface area (Å²) >= 11 is 3.15. The Morgan fingerprint density at radius 2 is 1.63 bits per heavy atom. The fraction of sp³-hybridized carbons (Fsp3) is 0.263. The molecule has 2 aromatic carbocycles. The number of carbonyl (C=O) groups is 2. The molecule has 0 saturated carbocycles. The Morgan fingerprint density at radius 3 is 2.30 bits per heavy atom. The fourth-order valence-corrected chi connectivity index (χ4v) is 3.12. The van der Waals surface area contributed by atoms with Crippen molar-refractivity contribution in [1.29, 1.82) is 0 Å². The number of hydrogen-bond acceptors (Lipinski definition) is 3. The zero-order chi connectivity index (χ0) is 19.4. The van der Waals surface area contributed by atoms with Crippen LogP contribution >= 0.6 is 15.9 Å². The molecule has 0 aliphatic carbocycles. The Kier molecular flexibility index (Phi) is 6.05. The summed E-state index contributed by atoms with van der Waals surface area (Å²) in [4.78, 5) is 27.7. The van der Waals surface area contributed by atoms with Gasteiger partial charge in [-0.05, 0) is 30.3 Å². The van der Waals surface area contributed by atoms with E-state index in [0.717, 1.165) is 0 Å². The van der Waals surface area contributed by atoms with Crippen molar-refractivity contribution in [3.8, 4) is 5.75 Å². The van der Waals surface area contributed by atoms with Crippen molar-refractivity contribution in [2.75, 3.05) is 32.8 Å². The first kappa shape index (κ1) is 19.3. The highest BCUT2D eigenvalue weighted by atomic mass is 79.9. The molecule has 0 spiro atoms. The molecular formula is C19H17BrF2N2O3. The van der Waals surface area contributed by atoms with Crippen LogP contribution in [0, 0.1) is 11.6 Å². The van der Waals surface area contributed by atoms with Gasteiger partial charge in [0.05, 0.1) is 5.56 Å². The Labute approximate surface area is 163 Å². The normalized spacial score (nSPS) is 14.2. The van der Waals surface area contributed by atoms with E-state index in [4.69, 9.17) is 4.74 Å². The van der Waals surface area contributed by atoms with Gasteiger partial charge in [0.25, 0.3) is 11.8 Å². The van der Waals surface area contributed by atoms with Crippen LogP contribution in [-0.4, -0.2) is 54.4 Å². The van der Waals surface area contributed by atoms with Gasteiger partial charge in [-0.25, -0.2) is 8.78 Å². The molecule has 0 unspecified atom stereocenters. The lowest BCUT2D eigenvalue weighted by Gasteiger charge is -2.34. The lowest BCUT2D eigenvalue weighted by Crippen LogP contribution is -2.51. The van der Waals surface area contributed by atoms with Gasteiger partial charge in [-0.3, -0.25) is 9.59 Å². The van der Waals surface area contributed by atoms with Gasteiger partial charge in [0.1, 0.15) is 5.82 Å². The van der Waals surface area contributed by atoms with Crippen LogP contribution in [0.1, 0.15) is 10.4 Å². The van der Waals surface area contributed by atoms with Gasteiger partial charge in [-0.2, -0.15) is 0 Å². The van der Waals surface area contributed by atoms with E-state index in [1.807, 2.05) is 0 Å². The van der Waals surface area contributed by atoms with Crippen molar-refractivity contribution >= 4 is 27.7 Å². The lowest BCUT2D eigenvalue weighted by atomic mass is 10.1. The minimum Gasteiger partial charge on any atom is -0.481 e. The molecule has 1 fully saturated rings. The van der Waals surface area contributed by atoms with Crippen molar-refractivity contribution in [3.05, 3.63) is 64.1 Å². The molecule has 0 aromatic heterocycles. The van der Waals surface area contributed by atoms with E-state index in [0.29, 0.717) is 30.7 Å². The van der Waals surface area contributed by atoms with Crippen molar-refractivity contribution < 1.29 is 23.1 Å². The largest absolute Gasteiger partial charge is 0.481 e. The molecule has 0 N–H and O–H groups in total. The van der Waals surface area contributed by atoms with Gasteiger partial charge in [0.15, 0.2) is 18.2 Å². The van der Waals surface area contributed by atoms with Crippen molar-refractivity contribution in [2.45, 2.75) is 0 Å². The molecule has 5 nitrogen and oxygen atoms in total. The highest BCUT2D eigenvalue weighted by Gasteiger charge is 2.26. The summed E-state index contributed by atoms with van der Waals surface area (Å²) in [5, 5.41) is 0. The van der Waals surface area contributed by atoms with E-state index in [-0.39, 0.29) is 23.8 Å². The third-order valence-electron chi connectivity index (χ3n) is 4.27. The first-order chi connectivity index (χ1) is 13.0. The average molecular weight is 439 g/mol. The van der Waals surface area contributed by atoms with Crippen LogP contribution in [0.25, 0.3) is 0 Å². The molecule has 0 bridgehead atoms. The van der Waals surface area contributed by atoms with Gasteiger partial charge in [0.2, 0.25) is 0 Å². The number of amides is 2. The Hall–Kier alpha value is -2.48. The van der Waals surface area contributed by atoms with E-state index >= 15 is 0 Å². The Bertz CT molecular complexity index is 855. The average Bonchev–Trinajstić information content (AvgIpc) is 2.67. The van der Waals surface area contributed by atoms with Crippen molar-refractivity contribution in [3.63, 3.8) is 0 Å². The van der Waals surface area contributed by atoms with E-state index in [9.17, 15) is 18.4 Å². The molecule has 8 heteroatoms. The van der Waals surface area contributed by atoms with E-state index in [1.165, 1.54) is 35.2 Å². The molecule has 27 heavy (non-hydrogen) atoms. The molecule has 1 heterocycles. The minimum atomic E-state index is -0.564. The van der Waals surface area contributed by atoms with E-state index < -0.39 is 17.5 Å². The van der Waals surface area contributed by atoms with Crippen LogP contribution in [0.15, 0.2) is 46.9 Å². The summed E-state index contributed by atoms with van der Waals surface area (Å²) in [5.74, 6) is -1.81. The Balaban J connectivity index is 1.52. The molecule has 1 aliphatic rings. The summed E-state index contributed by atoms with van der Waals surface area (Å²) < 4.78 is 33.3. The highest BCUT2D eigenvalue weighted by molar-refractivity contribution is 9.10. The van der Waals surface area contributed by atoms with Gasteiger partial charge >= 0.3 is 0 Å². The number of halogens is 3. The van der Waals surface area contributed by atoms with Gasteiger partial charge in [-0.15, -0.1) is 0 Å². The van der Waals surface area contributed by atoms with E-state index in [1.54, 1.807) is 17.0 Å². The first-order valence-electron chi connectivity index (χ1n) is 8.35. The predicted octanol–water partition coefficient (Wildman–Crippen LogP) is 3.09. The number of hydrogen-bond donors (Lipinski definition) is 0. The molecule has 1 aliphatic heterocycles. The van der Waals surface area contributed by atoms with E-state index in [2.05, 4.69) is 15.9 Å². The number of carbonyl (C=O) groups excluding carboxylic acids is 2. The molecule has 2 aromatic rings. The third-order valence-corrected chi connectivity index (χ3v) is 4.76. The second-order valence-electron chi connectivity index (χ2n) is 6.02. The maximum absolute atomic E-state index is 13.8. The maximum atomic E-state index is 13.8. The summed E-state index contributed by atoms with van der Waals surface area (Å²) in [7, 11) is 0. The lowest BCUT2D eigenvalue weighted by molar-refractivity contribution is -0.134. The SMILES string of the molecule is O=C(COc1ccc(Br)cc1F)N1CCN(C(=O)c2ccccc2F)CC1. The Morgan fingerprint density at radius 1 is 0.963 bits per heavy atom. The van der Waals surface area contributed by atoms with Gasteiger partial charge < -0.3 is 14.5 Å². The molecule has 142 valence electrons. The summed E-state index contributed by atoms with van der Waals surface area (Å²) in [5.41, 5.74) is 0.0197. The topological polar surface area (TPSA) is 49.9 Å². The number of ether oxygens (including phenoxy) is 1. The van der Waals surface area contributed by atoms with Crippen LogP contribution in [0.3, 0.4) is 0 Å². The molecule has 2 amide bonds. The molecular weight excluding hydrogens is 422 g/mol. The number of rotatable bonds is 4. The molecule has 3 rings (SSSR count). The quantitative estimate of drug-likeness (QED) is 0.736. The zero-order valence-corrected chi connectivity index (χ0v) is 15.9. The summed E-state index contributed by atoms with van der Waals surface area (Å²) in [6.45, 7) is 0.924. The van der Waals surface area contributed by atoms with Gasteiger partial charge in [-0.1, -0.05) is 28.1 Å². The molecule has 0 atom stereocenters. The van der Waals surface area contributed by atoms with Crippen molar-refractivity contribution in [1.82, 2.24) is 9.80 Å². The van der Waals surface area contributed by atoms with Crippen LogP contribution in [0.2, 0.25) is 0 Å². The second kappa shape index (κ2) is 8.47. The maximum Gasteiger partial charge on any atom is 0.260 e. The fourth-order valence-electron chi connectivity index (χ4n) is 2.79. The van der Waals surface area contributed by atoms with Crippen LogP contribution < -0.4 is 4.74 Å². The number of piperazine rings is 1. The summed E-state index contributed by atoms with van der Waals surface area (Å²) in [6, 6.07) is 10.1. The highest BCUT2D eigenvalue weighted by Crippen LogP contribution is 2.21. The molecule has 1 saturated heterocycles. The third kappa shape index (κ3) is 4.63. The summed E-state index contributed by atoms with van der Waals surface area (Å²) in [6.07, 6.45) is 0. The number of benzene rings is 2. The smallest absolute Gasteiger partial charge is 0.260 e. The van der Waals surface area contributed by atoms with Crippen LogP contribution in [-0.2, 0) is 4.79 Å². The first-order valence-corrected chi connectivity index (χ1v) is 9.14. The number of nitrogens with zero attached hydrogens (tertiary/aromatic N) is 2. The van der Waals surface area contributed by atoms with Crippen molar-refractivity contribution in [2.24, 2.45) is 0 Å². The van der Waals surface area contributed by atoms with Crippen LogP contribution in [0.4, 0.5) is 8.78 Å². The standard InChI is InChI=1S/C19H17BrF2N2O3/c20-13-5-6-17(16(22)11-13)27-12-18(25)23-7-9-24(10-8-23)19(26)14-3-1-2-4-15(14)21/h1-6,11H,7-10,12H2. The van der Waals surface area contributed by atoms with Crippen LogP contribution in [0.5, 0.6) is 5.75 Å². The molecule has 0 radical (unpaired) electrons. The minimum absolute atomic E-state index is 0.0000773. The van der Waals surface area contributed by atoms with Gasteiger partial charge in [0, 0.05) is 30.7 Å².